The number of likely N-dealkylation sites (N-methyl/N-ethyl adjacent to an activating group) is 1. The number of likely N-dealkylation sites (tertiary alicyclic amines) is 2. The van der Waals surface area contributed by atoms with Gasteiger partial charge in [-0.2, -0.15) is 0 Å². The third-order valence-corrected chi connectivity index (χ3v) is 16.1. The molecular weight excluding hydrogens is 633 g/mol. The number of rotatable bonds is 9. The molecule has 5 atom stereocenters. The van der Waals surface area contributed by atoms with Gasteiger partial charge in [0.1, 0.15) is 17.3 Å². The van der Waals surface area contributed by atoms with Crippen LogP contribution in [0.2, 0.25) is 0 Å². The van der Waals surface area contributed by atoms with Gasteiger partial charge in [-0.15, -0.1) is 0 Å². The van der Waals surface area contributed by atoms with E-state index in [0.717, 1.165) is 89.8 Å². The first-order valence-electron chi connectivity index (χ1n) is 20.5. The summed E-state index contributed by atoms with van der Waals surface area (Å²) in [4.78, 5) is 17.8. The SMILES string of the molecule is CC[C@@]12CCN(CC3(O)CC3)C(Cc3ccc(O)cc31)C2(C)C.CN1CC[C@]2(C)c3cc(O)ccc3CC1C2(C)CCC(=O)CCC1CCCC1. The Morgan fingerprint density at radius 2 is 1.45 bits per heavy atom. The Morgan fingerprint density at radius 1 is 0.824 bits per heavy atom. The Morgan fingerprint density at radius 3 is 2.10 bits per heavy atom. The number of benzene rings is 2. The number of aliphatic hydroxyl groups is 1. The van der Waals surface area contributed by atoms with E-state index < -0.39 is 5.60 Å². The molecule has 51 heavy (non-hydrogen) atoms. The molecular formula is C45H66N2O4. The van der Waals surface area contributed by atoms with E-state index >= 15 is 0 Å². The molecule has 8 rings (SSSR count). The Balaban J connectivity index is 0.000000162. The minimum absolute atomic E-state index is 0.0161. The predicted molar refractivity (Wildman–Crippen MR) is 205 cm³/mol. The van der Waals surface area contributed by atoms with Crippen molar-refractivity contribution in [1.82, 2.24) is 9.80 Å². The van der Waals surface area contributed by atoms with Crippen molar-refractivity contribution >= 4 is 5.78 Å². The van der Waals surface area contributed by atoms with Gasteiger partial charge < -0.3 is 20.2 Å². The monoisotopic (exact) mass is 699 g/mol. The number of nitrogens with zero attached hydrogens (tertiary/aromatic N) is 2. The lowest BCUT2D eigenvalue weighted by Gasteiger charge is -2.62. The summed E-state index contributed by atoms with van der Waals surface area (Å²) in [5, 5.41) is 30.6. The van der Waals surface area contributed by atoms with Crippen LogP contribution < -0.4 is 0 Å². The number of piperidine rings is 2. The lowest BCUT2D eigenvalue weighted by atomic mass is 9.49. The standard InChI is InChI=1S/C25H37NO2.C20H29NO2/c1-24-14-15-26(3)23(16-19-9-11-21(28)17-22(19)24)25(24,2)13-12-20(27)10-8-18-6-4-5-7-18;1-4-20-9-10-21(13-19(23)7-8-19)17(18(20,2)3)11-14-5-6-15(22)12-16(14)20/h9,11,17-18,23,28H,4-8,10,12-16H2,1-3H3;5-6,12,17,22-23H,4,7-11,13H2,1-3H3/t23?,24-,25?;17?,20-/m11/s1. The highest BCUT2D eigenvalue weighted by atomic mass is 16.3. The van der Waals surface area contributed by atoms with Crippen LogP contribution >= 0.6 is 0 Å². The van der Waals surface area contributed by atoms with Gasteiger partial charge in [-0.05, 0) is 141 Å². The van der Waals surface area contributed by atoms with Crippen molar-refractivity contribution in [2.24, 2.45) is 16.7 Å². The average Bonchev–Trinajstić information content (AvgIpc) is 3.57. The largest absolute Gasteiger partial charge is 0.508 e. The number of carbonyl (C=O) groups excluding carboxylic acids is 1. The Hall–Kier alpha value is -2.41. The molecule has 0 aromatic heterocycles. The predicted octanol–water partition coefficient (Wildman–Crippen LogP) is 8.46. The molecule has 2 saturated carbocycles. The smallest absolute Gasteiger partial charge is 0.132 e. The Bertz CT molecular complexity index is 1610. The van der Waals surface area contributed by atoms with E-state index in [-0.39, 0.29) is 21.7 Å². The first kappa shape index (κ1) is 36.9. The zero-order chi connectivity index (χ0) is 36.4. The average molecular weight is 699 g/mol. The molecule has 3 N–H and O–H groups in total. The summed E-state index contributed by atoms with van der Waals surface area (Å²) in [6.45, 7) is 14.9. The summed E-state index contributed by atoms with van der Waals surface area (Å²) >= 11 is 0. The van der Waals surface area contributed by atoms with E-state index in [1.165, 1.54) is 47.9 Å². The van der Waals surface area contributed by atoms with Crippen LogP contribution in [0.25, 0.3) is 0 Å². The quantitative estimate of drug-likeness (QED) is 0.244. The molecule has 2 aliphatic heterocycles. The lowest BCUT2D eigenvalue weighted by Crippen LogP contribution is -2.65. The molecule has 6 aliphatic rings. The molecule has 6 nitrogen and oxygen atoms in total. The molecule has 2 heterocycles. The molecule has 3 unspecified atom stereocenters. The topological polar surface area (TPSA) is 84.2 Å². The number of hydrogen-bond donors (Lipinski definition) is 3. The van der Waals surface area contributed by atoms with Gasteiger partial charge in [0.05, 0.1) is 5.60 Å². The van der Waals surface area contributed by atoms with Crippen LogP contribution in [0, 0.1) is 16.7 Å². The number of Topliss-reactive ketones (excluding diaryl/α,β-unsaturated/α-hetero) is 1. The third kappa shape index (κ3) is 6.37. The fourth-order valence-electron chi connectivity index (χ4n) is 12.2. The van der Waals surface area contributed by atoms with E-state index in [1.807, 2.05) is 24.3 Å². The molecule has 6 heteroatoms. The number of phenolic OH excluding ortho intramolecular Hbond substituents is 2. The third-order valence-electron chi connectivity index (χ3n) is 16.1. The molecule has 4 aliphatic carbocycles. The van der Waals surface area contributed by atoms with Crippen LogP contribution in [0.15, 0.2) is 36.4 Å². The lowest BCUT2D eigenvalue weighted by molar-refractivity contribution is -0.121. The number of hydrogen-bond acceptors (Lipinski definition) is 6. The second-order valence-electron chi connectivity index (χ2n) is 18.9. The molecule has 2 aromatic carbocycles. The van der Waals surface area contributed by atoms with E-state index in [4.69, 9.17) is 0 Å². The van der Waals surface area contributed by atoms with E-state index in [2.05, 4.69) is 63.6 Å². The Kier molecular flexibility index (Phi) is 9.75. The van der Waals surface area contributed by atoms with E-state index in [1.54, 1.807) is 0 Å². The van der Waals surface area contributed by atoms with Crippen molar-refractivity contribution in [2.75, 3.05) is 26.7 Å². The van der Waals surface area contributed by atoms with E-state index in [9.17, 15) is 20.1 Å². The van der Waals surface area contributed by atoms with Crippen LogP contribution in [0.3, 0.4) is 0 Å². The summed E-state index contributed by atoms with van der Waals surface area (Å²) in [5.74, 6) is 2.01. The molecule has 0 amide bonds. The minimum Gasteiger partial charge on any atom is -0.508 e. The number of carbonyl (C=O) groups is 1. The molecule has 0 spiro atoms. The Labute approximate surface area is 308 Å². The molecule has 0 radical (unpaired) electrons. The molecule has 2 saturated heterocycles. The summed E-state index contributed by atoms with van der Waals surface area (Å²) in [6, 6.07) is 12.8. The fraction of sp³-hybridized carbons (Fsp3) is 0.711. The van der Waals surface area contributed by atoms with E-state index in [0.29, 0.717) is 35.8 Å². The number of fused-ring (bicyclic) bond motifs is 8. The first-order chi connectivity index (χ1) is 24.1. The van der Waals surface area contributed by atoms with Gasteiger partial charge in [0.25, 0.3) is 0 Å². The van der Waals surface area contributed by atoms with Crippen molar-refractivity contribution < 1.29 is 20.1 Å². The number of phenols is 2. The summed E-state index contributed by atoms with van der Waals surface area (Å²) in [7, 11) is 2.25. The summed E-state index contributed by atoms with van der Waals surface area (Å²) in [5.41, 5.74) is 5.38. The maximum Gasteiger partial charge on any atom is 0.132 e. The van der Waals surface area contributed by atoms with Crippen molar-refractivity contribution in [3.63, 3.8) is 0 Å². The number of aromatic hydroxyl groups is 2. The molecule has 280 valence electrons. The van der Waals surface area contributed by atoms with Crippen molar-refractivity contribution in [1.29, 1.82) is 0 Å². The maximum absolute atomic E-state index is 12.7. The summed E-state index contributed by atoms with van der Waals surface area (Å²) in [6.07, 6.45) is 16.2. The van der Waals surface area contributed by atoms with Crippen LogP contribution in [-0.4, -0.2) is 75.3 Å². The van der Waals surface area contributed by atoms with Crippen LogP contribution in [-0.2, 0) is 28.5 Å². The van der Waals surface area contributed by atoms with Gasteiger partial charge in [0.15, 0.2) is 0 Å². The van der Waals surface area contributed by atoms with Gasteiger partial charge in [0.2, 0.25) is 0 Å². The highest BCUT2D eigenvalue weighted by Gasteiger charge is 2.59. The fourth-order valence-corrected chi connectivity index (χ4v) is 12.2. The second kappa shape index (κ2) is 13.5. The van der Waals surface area contributed by atoms with Crippen molar-refractivity contribution in [3.05, 3.63) is 58.7 Å². The highest BCUT2D eigenvalue weighted by molar-refractivity contribution is 5.78. The number of ketones is 1. The normalized spacial score (nSPS) is 33.5. The molecule has 4 bridgehead atoms. The molecule has 4 fully saturated rings. The second-order valence-corrected chi connectivity index (χ2v) is 18.9. The zero-order valence-corrected chi connectivity index (χ0v) is 32.6. The van der Waals surface area contributed by atoms with Crippen molar-refractivity contribution in [2.45, 2.75) is 159 Å². The maximum atomic E-state index is 12.7. The number of β-amino-alcohol motifs (C(OH)–C–C–N with tert-alkyl or cyclic N) is 1. The molecule has 2 aromatic rings. The first-order valence-corrected chi connectivity index (χ1v) is 20.5. The van der Waals surface area contributed by atoms with Crippen LogP contribution in [0.4, 0.5) is 0 Å². The van der Waals surface area contributed by atoms with Gasteiger partial charge >= 0.3 is 0 Å². The van der Waals surface area contributed by atoms with Crippen molar-refractivity contribution in [3.8, 4) is 11.5 Å². The highest BCUT2D eigenvalue weighted by Crippen LogP contribution is 2.60. The zero-order valence-electron chi connectivity index (χ0n) is 32.6. The van der Waals surface area contributed by atoms with Crippen LogP contribution in [0.5, 0.6) is 11.5 Å². The van der Waals surface area contributed by atoms with Gasteiger partial charge in [0, 0.05) is 42.3 Å². The van der Waals surface area contributed by atoms with Gasteiger partial charge in [-0.1, -0.05) is 72.4 Å². The van der Waals surface area contributed by atoms with Crippen LogP contribution in [0.1, 0.15) is 140 Å². The minimum atomic E-state index is -0.419. The van der Waals surface area contributed by atoms with Gasteiger partial charge in [-0.3, -0.25) is 9.69 Å². The summed E-state index contributed by atoms with van der Waals surface area (Å²) < 4.78 is 0. The van der Waals surface area contributed by atoms with Gasteiger partial charge in [-0.25, -0.2) is 0 Å².